The zero-order chi connectivity index (χ0) is 16.0. The smallest absolute Gasteiger partial charge is 0.246 e. The molecule has 0 radical (unpaired) electrons. The summed E-state index contributed by atoms with van der Waals surface area (Å²) in [5.74, 6) is -8.62. The standard InChI is InChI=1S/C12H14O9/c13-5-3-11(17,18)9(15)1-7(5)21-8-2-10(16)12(19,20)4-6(8)14/h1-4,7-8,13-20H. The largest absolute Gasteiger partial charge is 0.509 e. The van der Waals surface area contributed by atoms with Crippen LogP contribution in [0.3, 0.4) is 0 Å². The molecule has 2 unspecified atom stereocenters. The highest BCUT2D eigenvalue weighted by atomic mass is 16.5. The zero-order valence-electron chi connectivity index (χ0n) is 10.5. The van der Waals surface area contributed by atoms with E-state index < -0.39 is 46.8 Å². The lowest BCUT2D eigenvalue weighted by molar-refractivity contribution is -0.124. The van der Waals surface area contributed by atoms with Crippen LogP contribution in [0.25, 0.3) is 0 Å². The summed E-state index contributed by atoms with van der Waals surface area (Å²) in [5, 5.41) is 75.0. The molecule has 0 bridgehead atoms. The van der Waals surface area contributed by atoms with E-state index in [-0.39, 0.29) is 0 Å². The SMILES string of the molecule is OC1=CC(O)(O)C(O)=CC1OC1C=C(O)C(O)(O)C=C1O. The van der Waals surface area contributed by atoms with Gasteiger partial charge in [-0.2, -0.15) is 0 Å². The first kappa shape index (κ1) is 15.4. The van der Waals surface area contributed by atoms with Gasteiger partial charge in [-0.1, -0.05) is 0 Å². The van der Waals surface area contributed by atoms with Gasteiger partial charge in [0.1, 0.15) is 23.7 Å². The minimum atomic E-state index is -2.74. The third kappa shape index (κ3) is 2.86. The topological polar surface area (TPSA) is 171 Å². The Morgan fingerprint density at radius 2 is 1.05 bits per heavy atom. The van der Waals surface area contributed by atoms with Crippen molar-refractivity contribution in [1.29, 1.82) is 0 Å². The van der Waals surface area contributed by atoms with Crippen LogP contribution >= 0.6 is 0 Å². The van der Waals surface area contributed by atoms with Crippen molar-refractivity contribution < 1.29 is 45.6 Å². The number of aliphatic hydroxyl groups excluding tert-OH is 4. The van der Waals surface area contributed by atoms with Crippen LogP contribution in [0, 0.1) is 0 Å². The normalized spacial score (nSPS) is 30.9. The highest BCUT2D eigenvalue weighted by Crippen LogP contribution is 2.29. The molecule has 9 heteroatoms. The summed E-state index contributed by atoms with van der Waals surface area (Å²) in [6.45, 7) is 0. The maximum atomic E-state index is 9.59. The van der Waals surface area contributed by atoms with E-state index >= 15 is 0 Å². The van der Waals surface area contributed by atoms with Crippen LogP contribution in [0.2, 0.25) is 0 Å². The van der Waals surface area contributed by atoms with Gasteiger partial charge in [-0.15, -0.1) is 0 Å². The molecule has 0 aliphatic heterocycles. The van der Waals surface area contributed by atoms with Gasteiger partial charge in [0.25, 0.3) is 0 Å². The summed E-state index contributed by atoms with van der Waals surface area (Å²) >= 11 is 0. The molecule has 0 aromatic heterocycles. The predicted octanol–water partition coefficient (Wildman–Crippen LogP) is -1.10. The minimum Gasteiger partial charge on any atom is -0.509 e. The van der Waals surface area contributed by atoms with Gasteiger partial charge in [0.2, 0.25) is 11.6 Å². The van der Waals surface area contributed by atoms with Crippen molar-refractivity contribution in [2.75, 3.05) is 0 Å². The molecule has 0 spiro atoms. The van der Waals surface area contributed by atoms with E-state index in [2.05, 4.69) is 0 Å². The van der Waals surface area contributed by atoms with Gasteiger partial charge in [0.05, 0.1) is 0 Å². The van der Waals surface area contributed by atoms with Crippen LogP contribution in [0.4, 0.5) is 0 Å². The number of rotatable bonds is 2. The van der Waals surface area contributed by atoms with E-state index in [1.165, 1.54) is 0 Å². The predicted molar refractivity (Wildman–Crippen MR) is 65.8 cm³/mol. The Labute approximate surface area is 117 Å². The molecule has 0 aromatic rings. The number of hydrogen-bond acceptors (Lipinski definition) is 9. The second-order valence-corrected chi connectivity index (χ2v) is 4.67. The molecule has 0 saturated heterocycles. The lowest BCUT2D eigenvalue weighted by Crippen LogP contribution is -2.38. The summed E-state index contributed by atoms with van der Waals surface area (Å²) in [7, 11) is 0. The Bertz CT molecular complexity index is 517. The maximum absolute atomic E-state index is 9.59. The number of aliphatic hydroxyl groups is 8. The van der Waals surface area contributed by atoms with E-state index in [1.54, 1.807) is 0 Å². The van der Waals surface area contributed by atoms with Crippen LogP contribution < -0.4 is 0 Å². The lowest BCUT2D eigenvalue weighted by atomic mass is 10.0. The summed E-state index contributed by atoms with van der Waals surface area (Å²) in [5.41, 5.74) is 0. The van der Waals surface area contributed by atoms with Crippen molar-refractivity contribution >= 4 is 0 Å². The van der Waals surface area contributed by atoms with E-state index in [9.17, 15) is 40.9 Å². The van der Waals surface area contributed by atoms with Gasteiger partial charge in [-0.05, 0) is 12.2 Å². The van der Waals surface area contributed by atoms with Crippen LogP contribution in [0.5, 0.6) is 0 Å². The maximum Gasteiger partial charge on any atom is 0.246 e. The Balaban J connectivity index is 2.21. The van der Waals surface area contributed by atoms with Crippen LogP contribution in [-0.2, 0) is 4.74 Å². The molecule has 0 aromatic carbocycles. The molecular formula is C12H14O9. The second kappa shape index (κ2) is 4.76. The lowest BCUT2D eigenvalue weighted by Gasteiger charge is -2.30. The second-order valence-electron chi connectivity index (χ2n) is 4.67. The Kier molecular flexibility index (Phi) is 3.48. The first-order valence-electron chi connectivity index (χ1n) is 5.74. The highest BCUT2D eigenvalue weighted by molar-refractivity contribution is 5.30. The Hall–Kier alpha value is -2.04. The van der Waals surface area contributed by atoms with Crippen LogP contribution in [0.1, 0.15) is 0 Å². The quantitative estimate of drug-likeness (QED) is 0.295. The average Bonchev–Trinajstić information content (AvgIpc) is 2.32. The van der Waals surface area contributed by atoms with E-state index in [0.717, 1.165) is 12.2 Å². The fraction of sp³-hybridized carbons (Fsp3) is 0.333. The van der Waals surface area contributed by atoms with Gasteiger partial charge in [-0.3, -0.25) is 0 Å². The first-order chi connectivity index (χ1) is 9.53. The molecular weight excluding hydrogens is 288 g/mol. The number of hydrogen-bond donors (Lipinski definition) is 8. The molecule has 0 amide bonds. The molecule has 2 atom stereocenters. The zero-order valence-corrected chi connectivity index (χ0v) is 10.5. The van der Waals surface area contributed by atoms with Gasteiger partial charge in [-0.25, -0.2) is 0 Å². The molecule has 0 saturated carbocycles. The number of ether oxygens (including phenoxy) is 1. The van der Waals surface area contributed by atoms with E-state index in [0.29, 0.717) is 12.2 Å². The van der Waals surface area contributed by atoms with Gasteiger partial charge in [0, 0.05) is 12.2 Å². The summed E-state index contributed by atoms with van der Waals surface area (Å²) in [4.78, 5) is 0. The fourth-order valence-corrected chi connectivity index (χ4v) is 1.80. The fourth-order valence-electron chi connectivity index (χ4n) is 1.80. The van der Waals surface area contributed by atoms with Crippen LogP contribution in [-0.4, -0.2) is 64.6 Å². The summed E-state index contributed by atoms with van der Waals surface area (Å²) in [6, 6.07) is 0. The third-order valence-corrected chi connectivity index (χ3v) is 2.95. The molecule has 21 heavy (non-hydrogen) atoms. The van der Waals surface area contributed by atoms with Crippen molar-refractivity contribution in [3.63, 3.8) is 0 Å². The summed E-state index contributed by atoms with van der Waals surface area (Å²) < 4.78 is 5.13. The third-order valence-electron chi connectivity index (χ3n) is 2.95. The van der Waals surface area contributed by atoms with Gasteiger partial charge >= 0.3 is 0 Å². The van der Waals surface area contributed by atoms with Crippen molar-refractivity contribution in [3.05, 3.63) is 47.3 Å². The molecule has 8 N–H and O–H groups in total. The molecule has 2 rings (SSSR count). The van der Waals surface area contributed by atoms with E-state index in [1.807, 2.05) is 0 Å². The molecule has 0 heterocycles. The van der Waals surface area contributed by atoms with Crippen molar-refractivity contribution in [3.8, 4) is 0 Å². The molecule has 2 aliphatic rings. The monoisotopic (exact) mass is 302 g/mol. The van der Waals surface area contributed by atoms with Crippen molar-refractivity contribution in [1.82, 2.24) is 0 Å². The van der Waals surface area contributed by atoms with Crippen LogP contribution in [0.15, 0.2) is 47.3 Å². The highest BCUT2D eigenvalue weighted by Gasteiger charge is 2.38. The Morgan fingerprint density at radius 1 is 0.714 bits per heavy atom. The van der Waals surface area contributed by atoms with Crippen molar-refractivity contribution in [2.24, 2.45) is 0 Å². The summed E-state index contributed by atoms with van der Waals surface area (Å²) in [6.07, 6.45) is -0.134. The first-order valence-corrected chi connectivity index (χ1v) is 5.74. The molecule has 2 aliphatic carbocycles. The van der Waals surface area contributed by atoms with Gasteiger partial charge < -0.3 is 45.6 Å². The Morgan fingerprint density at radius 3 is 1.38 bits per heavy atom. The molecule has 116 valence electrons. The minimum absolute atomic E-state index is 0.516. The molecule has 0 fully saturated rings. The van der Waals surface area contributed by atoms with E-state index in [4.69, 9.17) is 4.74 Å². The van der Waals surface area contributed by atoms with Gasteiger partial charge in [0.15, 0.2) is 11.5 Å². The molecule has 9 nitrogen and oxygen atoms in total. The van der Waals surface area contributed by atoms with Crippen molar-refractivity contribution in [2.45, 2.75) is 23.8 Å². The average molecular weight is 302 g/mol.